The summed E-state index contributed by atoms with van der Waals surface area (Å²) in [5.74, 6) is -1.44. The van der Waals surface area contributed by atoms with Crippen molar-refractivity contribution in [3.63, 3.8) is 0 Å². The topological polar surface area (TPSA) is 103 Å². The molecule has 0 spiro atoms. The molecule has 0 fully saturated rings. The summed E-state index contributed by atoms with van der Waals surface area (Å²) >= 11 is 0. The molecule has 124 valence electrons. The van der Waals surface area contributed by atoms with Gasteiger partial charge in [0, 0.05) is 24.8 Å². The molecule has 1 heterocycles. The molecular formula is C15H24N2O5. The normalized spacial score (nSPS) is 12.6. The number of aromatic nitrogens is 1. The number of nitrogens with zero attached hydrogens (tertiary/aromatic N) is 2. The number of hydrogen-bond acceptors (Lipinski definition) is 5. The van der Waals surface area contributed by atoms with Crippen LogP contribution in [-0.4, -0.2) is 50.5 Å². The SMILES string of the molecule is CCC(C(=O)O)n1c(C)cc(=O)c(O)c1CN(CC)CCO. The predicted octanol–water partition coefficient (Wildman–Crippen LogP) is 0.712. The van der Waals surface area contributed by atoms with Crippen molar-refractivity contribution in [3.8, 4) is 5.75 Å². The summed E-state index contributed by atoms with van der Waals surface area (Å²) in [4.78, 5) is 25.2. The lowest BCUT2D eigenvalue weighted by atomic mass is 10.1. The van der Waals surface area contributed by atoms with Crippen molar-refractivity contribution >= 4 is 5.97 Å². The van der Waals surface area contributed by atoms with Gasteiger partial charge in [-0.15, -0.1) is 0 Å². The summed E-state index contributed by atoms with van der Waals surface area (Å²) in [6, 6.07) is 0.390. The first-order valence-electron chi connectivity index (χ1n) is 7.37. The smallest absolute Gasteiger partial charge is 0.326 e. The van der Waals surface area contributed by atoms with E-state index in [4.69, 9.17) is 5.11 Å². The lowest BCUT2D eigenvalue weighted by Crippen LogP contribution is -2.32. The first-order valence-corrected chi connectivity index (χ1v) is 7.37. The highest BCUT2D eigenvalue weighted by molar-refractivity contribution is 5.72. The maximum Gasteiger partial charge on any atom is 0.326 e. The molecular weight excluding hydrogens is 288 g/mol. The Morgan fingerprint density at radius 2 is 2.05 bits per heavy atom. The molecule has 1 aromatic rings. The summed E-state index contributed by atoms with van der Waals surface area (Å²) in [5, 5.41) is 28.6. The lowest BCUT2D eigenvalue weighted by molar-refractivity contribution is -0.141. The number of carboxylic acids is 1. The molecule has 22 heavy (non-hydrogen) atoms. The fraction of sp³-hybridized carbons (Fsp3) is 0.600. The van der Waals surface area contributed by atoms with Gasteiger partial charge in [-0.1, -0.05) is 13.8 Å². The summed E-state index contributed by atoms with van der Waals surface area (Å²) in [6.45, 7) is 6.40. The monoisotopic (exact) mass is 312 g/mol. The van der Waals surface area contributed by atoms with E-state index in [0.717, 1.165) is 0 Å². The molecule has 0 aliphatic rings. The second-order valence-electron chi connectivity index (χ2n) is 5.17. The Hall–Kier alpha value is -1.86. The number of aryl methyl sites for hydroxylation is 1. The highest BCUT2D eigenvalue weighted by Crippen LogP contribution is 2.23. The molecule has 0 amide bonds. The Bertz CT molecular complexity index is 582. The number of likely N-dealkylation sites (N-methyl/N-ethyl adjacent to an activating group) is 1. The standard InChI is InChI=1S/C15H24N2O5/c1-4-11(15(21)22)17-10(3)8-13(19)14(20)12(17)9-16(5-2)6-7-18/h8,11,18,20H,4-7,9H2,1-3H3,(H,21,22). The lowest BCUT2D eigenvalue weighted by Gasteiger charge is -2.27. The van der Waals surface area contributed by atoms with E-state index in [9.17, 15) is 19.8 Å². The highest BCUT2D eigenvalue weighted by Gasteiger charge is 2.24. The first kappa shape index (κ1) is 18.2. The van der Waals surface area contributed by atoms with Crippen LogP contribution in [0.15, 0.2) is 10.9 Å². The van der Waals surface area contributed by atoms with Gasteiger partial charge < -0.3 is 19.9 Å². The number of aliphatic carboxylic acids is 1. The summed E-state index contributed by atoms with van der Waals surface area (Å²) < 4.78 is 1.50. The van der Waals surface area contributed by atoms with E-state index in [-0.39, 0.29) is 18.8 Å². The zero-order valence-electron chi connectivity index (χ0n) is 13.2. The summed E-state index contributed by atoms with van der Waals surface area (Å²) in [6.07, 6.45) is 0.331. The fourth-order valence-electron chi connectivity index (χ4n) is 2.55. The molecule has 0 radical (unpaired) electrons. The Kier molecular flexibility index (Phi) is 6.58. The zero-order chi connectivity index (χ0) is 16.9. The van der Waals surface area contributed by atoms with Crippen molar-refractivity contribution in [2.75, 3.05) is 19.7 Å². The van der Waals surface area contributed by atoms with Crippen LogP contribution in [0.4, 0.5) is 0 Å². The number of aliphatic hydroxyl groups is 1. The number of aliphatic hydroxyl groups excluding tert-OH is 1. The van der Waals surface area contributed by atoms with Gasteiger partial charge in [0.25, 0.3) is 0 Å². The van der Waals surface area contributed by atoms with Crippen molar-refractivity contribution < 1.29 is 20.1 Å². The summed E-state index contributed by atoms with van der Waals surface area (Å²) in [7, 11) is 0. The minimum atomic E-state index is -1.01. The van der Waals surface area contributed by atoms with E-state index >= 15 is 0 Å². The second kappa shape index (κ2) is 7.95. The molecule has 7 heteroatoms. The fourth-order valence-corrected chi connectivity index (χ4v) is 2.55. The maximum absolute atomic E-state index is 11.8. The van der Waals surface area contributed by atoms with Gasteiger partial charge in [-0.25, -0.2) is 4.79 Å². The molecule has 1 aromatic heterocycles. The molecule has 7 nitrogen and oxygen atoms in total. The van der Waals surface area contributed by atoms with Crippen LogP contribution >= 0.6 is 0 Å². The van der Waals surface area contributed by atoms with E-state index in [2.05, 4.69) is 0 Å². The van der Waals surface area contributed by atoms with Crippen LogP contribution in [0.3, 0.4) is 0 Å². The van der Waals surface area contributed by atoms with Crippen LogP contribution in [0.1, 0.15) is 37.7 Å². The molecule has 0 bridgehead atoms. The van der Waals surface area contributed by atoms with Gasteiger partial charge in [-0.2, -0.15) is 0 Å². The van der Waals surface area contributed by atoms with Crippen molar-refractivity contribution in [1.29, 1.82) is 0 Å². The third kappa shape index (κ3) is 3.86. The molecule has 0 aliphatic carbocycles. The second-order valence-corrected chi connectivity index (χ2v) is 5.17. The Balaban J connectivity index is 3.45. The van der Waals surface area contributed by atoms with Crippen LogP contribution in [0.25, 0.3) is 0 Å². The van der Waals surface area contributed by atoms with Crippen molar-refractivity contribution in [2.45, 2.75) is 39.8 Å². The summed E-state index contributed by atoms with van der Waals surface area (Å²) in [5.41, 5.74) is 0.241. The average Bonchev–Trinajstić information content (AvgIpc) is 2.46. The van der Waals surface area contributed by atoms with Crippen LogP contribution in [0.2, 0.25) is 0 Å². The molecule has 0 saturated heterocycles. The Labute approximate surface area is 129 Å². The minimum absolute atomic E-state index is 0.0548. The van der Waals surface area contributed by atoms with E-state index in [0.29, 0.717) is 25.2 Å². The Morgan fingerprint density at radius 1 is 1.41 bits per heavy atom. The number of carboxylic acid groups (broad SMARTS) is 1. The minimum Gasteiger partial charge on any atom is -0.503 e. The first-order chi connectivity index (χ1) is 10.4. The quantitative estimate of drug-likeness (QED) is 0.653. The predicted molar refractivity (Wildman–Crippen MR) is 82.1 cm³/mol. The number of rotatable bonds is 8. The molecule has 1 atom stereocenters. The van der Waals surface area contributed by atoms with Crippen LogP contribution in [-0.2, 0) is 11.3 Å². The number of aromatic hydroxyl groups is 1. The Morgan fingerprint density at radius 3 is 2.50 bits per heavy atom. The maximum atomic E-state index is 11.8. The van der Waals surface area contributed by atoms with E-state index in [1.807, 2.05) is 11.8 Å². The van der Waals surface area contributed by atoms with Crippen molar-refractivity contribution in [1.82, 2.24) is 9.47 Å². The molecule has 1 rings (SSSR count). The average molecular weight is 312 g/mol. The van der Waals surface area contributed by atoms with Crippen LogP contribution < -0.4 is 5.43 Å². The van der Waals surface area contributed by atoms with E-state index in [1.165, 1.54) is 10.6 Å². The van der Waals surface area contributed by atoms with Crippen LogP contribution in [0.5, 0.6) is 5.75 Å². The van der Waals surface area contributed by atoms with Gasteiger partial charge in [0.05, 0.1) is 12.3 Å². The zero-order valence-corrected chi connectivity index (χ0v) is 13.2. The number of pyridine rings is 1. The van der Waals surface area contributed by atoms with Gasteiger partial charge in [-0.05, 0) is 19.9 Å². The highest BCUT2D eigenvalue weighted by atomic mass is 16.4. The molecule has 1 unspecified atom stereocenters. The largest absolute Gasteiger partial charge is 0.503 e. The molecule has 0 aliphatic heterocycles. The van der Waals surface area contributed by atoms with Gasteiger partial charge >= 0.3 is 5.97 Å². The van der Waals surface area contributed by atoms with E-state index < -0.39 is 23.2 Å². The molecule has 3 N–H and O–H groups in total. The molecule has 0 saturated carbocycles. The van der Waals surface area contributed by atoms with Crippen molar-refractivity contribution in [3.05, 3.63) is 27.7 Å². The third-order valence-corrected chi connectivity index (χ3v) is 3.74. The van der Waals surface area contributed by atoms with Crippen molar-refractivity contribution in [2.24, 2.45) is 0 Å². The molecule has 0 aromatic carbocycles. The van der Waals surface area contributed by atoms with E-state index in [1.54, 1.807) is 13.8 Å². The van der Waals surface area contributed by atoms with Gasteiger partial charge in [-0.3, -0.25) is 9.69 Å². The van der Waals surface area contributed by atoms with Gasteiger partial charge in [0.2, 0.25) is 5.43 Å². The van der Waals surface area contributed by atoms with Crippen LogP contribution in [0, 0.1) is 6.92 Å². The number of hydrogen-bond donors (Lipinski definition) is 3. The third-order valence-electron chi connectivity index (χ3n) is 3.74. The van der Waals surface area contributed by atoms with Gasteiger partial charge in [0.1, 0.15) is 6.04 Å². The van der Waals surface area contributed by atoms with Gasteiger partial charge in [0.15, 0.2) is 5.75 Å². The number of carbonyl (C=O) groups is 1.